The van der Waals surface area contributed by atoms with Crippen LogP contribution in [-0.2, 0) is 0 Å². The summed E-state index contributed by atoms with van der Waals surface area (Å²) in [5.41, 5.74) is 0. The highest BCUT2D eigenvalue weighted by Gasteiger charge is 2.05. The van der Waals surface area contributed by atoms with E-state index in [-0.39, 0.29) is 0 Å². The fraction of sp³-hybridized carbons (Fsp3) is 0.833. The third kappa shape index (κ3) is 8.47. The van der Waals surface area contributed by atoms with Crippen LogP contribution in [0.4, 0.5) is 0 Å². The first-order valence-corrected chi connectivity index (χ1v) is 6.90. The van der Waals surface area contributed by atoms with Gasteiger partial charge in [-0.1, -0.05) is 6.92 Å². The molecule has 0 aliphatic carbocycles. The molecule has 0 amide bonds. The second-order valence-corrected chi connectivity index (χ2v) is 4.51. The third-order valence-corrected chi connectivity index (χ3v) is 2.87. The zero-order chi connectivity index (χ0) is 10.6. The second-order valence-electron chi connectivity index (χ2n) is 3.53. The van der Waals surface area contributed by atoms with Crippen molar-refractivity contribution in [3.8, 4) is 12.3 Å². The Morgan fingerprint density at radius 3 is 2.79 bits per heavy atom. The van der Waals surface area contributed by atoms with E-state index in [0.29, 0.717) is 6.04 Å². The summed E-state index contributed by atoms with van der Waals surface area (Å²) in [5, 5.41) is 3.58. The molecule has 0 aliphatic rings. The van der Waals surface area contributed by atoms with Gasteiger partial charge in [0.1, 0.15) is 0 Å². The highest BCUT2D eigenvalue weighted by atomic mass is 32.2. The van der Waals surface area contributed by atoms with Crippen LogP contribution in [0.5, 0.6) is 0 Å². The highest BCUT2D eigenvalue weighted by Crippen LogP contribution is 2.07. The Morgan fingerprint density at radius 2 is 2.21 bits per heavy atom. The molecular formula is C12H23NS. The molecule has 0 aromatic carbocycles. The van der Waals surface area contributed by atoms with Crippen molar-refractivity contribution in [3.63, 3.8) is 0 Å². The molecule has 14 heavy (non-hydrogen) atoms. The van der Waals surface area contributed by atoms with E-state index < -0.39 is 0 Å². The maximum Gasteiger partial charge on any atom is 0.00866 e. The minimum absolute atomic E-state index is 0.677. The van der Waals surface area contributed by atoms with Crippen LogP contribution < -0.4 is 5.32 Å². The van der Waals surface area contributed by atoms with Crippen LogP contribution in [0.15, 0.2) is 0 Å². The molecule has 0 aromatic rings. The predicted octanol–water partition coefficient (Wildman–Crippen LogP) is 2.91. The Kier molecular flexibility index (Phi) is 10.8. The number of rotatable bonds is 9. The van der Waals surface area contributed by atoms with Gasteiger partial charge in [0.25, 0.3) is 0 Å². The van der Waals surface area contributed by atoms with Crippen LogP contribution >= 0.6 is 11.8 Å². The molecule has 1 N–H and O–H groups in total. The van der Waals surface area contributed by atoms with Gasteiger partial charge in [0.15, 0.2) is 0 Å². The number of nitrogens with one attached hydrogen (secondary N) is 1. The lowest BCUT2D eigenvalue weighted by Gasteiger charge is -2.17. The van der Waals surface area contributed by atoms with Crippen molar-refractivity contribution in [1.29, 1.82) is 0 Å². The minimum atomic E-state index is 0.677. The van der Waals surface area contributed by atoms with Gasteiger partial charge < -0.3 is 5.32 Å². The Morgan fingerprint density at radius 1 is 1.43 bits per heavy atom. The average molecular weight is 213 g/mol. The minimum Gasteiger partial charge on any atom is -0.314 e. The van der Waals surface area contributed by atoms with Crippen LogP contribution in [0.3, 0.4) is 0 Å². The van der Waals surface area contributed by atoms with Crippen LogP contribution in [0.1, 0.15) is 39.0 Å². The van der Waals surface area contributed by atoms with Gasteiger partial charge in [-0.25, -0.2) is 0 Å². The monoisotopic (exact) mass is 213 g/mol. The lowest BCUT2D eigenvalue weighted by molar-refractivity contribution is 0.461. The fourth-order valence-corrected chi connectivity index (χ4v) is 1.93. The van der Waals surface area contributed by atoms with E-state index in [4.69, 9.17) is 6.42 Å². The van der Waals surface area contributed by atoms with Crippen LogP contribution in [0.25, 0.3) is 0 Å². The summed E-state index contributed by atoms with van der Waals surface area (Å²) in [6.07, 6.45) is 13.2. The summed E-state index contributed by atoms with van der Waals surface area (Å²) >= 11 is 1.92. The smallest absolute Gasteiger partial charge is 0.00866 e. The van der Waals surface area contributed by atoms with Crippen molar-refractivity contribution in [2.45, 2.75) is 45.1 Å². The summed E-state index contributed by atoms with van der Waals surface area (Å²) < 4.78 is 0. The molecule has 0 saturated carbocycles. The lowest BCUT2D eigenvalue weighted by Crippen LogP contribution is -2.30. The summed E-state index contributed by atoms with van der Waals surface area (Å²) in [6.45, 7) is 3.34. The molecule has 0 heterocycles. The molecule has 2 heteroatoms. The Labute approximate surface area is 93.4 Å². The fourth-order valence-electron chi connectivity index (χ4n) is 1.41. The zero-order valence-electron chi connectivity index (χ0n) is 9.51. The van der Waals surface area contributed by atoms with Crippen molar-refractivity contribution in [2.75, 3.05) is 18.6 Å². The Balaban J connectivity index is 3.56. The van der Waals surface area contributed by atoms with Gasteiger partial charge in [-0.05, 0) is 44.2 Å². The maximum absolute atomic E-state index is 5.24. The number of hydrogen-bond acceptors (Lipinski definition) is 2. The first-order valence-electron chi connectivity index (χ1n) is 5.50. The van der Waals surface area contributed by atoms with E-state index in [1.165, 1.54) is 25.0 Å². The molecule has 0 aromatic heterocycles. The van der Waals surface area contributed by atoms with Crippen LogP contribution in [0.2, 0.25) is 0 Å². The average Bonchev–Trinajstić information content (AvgIpc) is 2.21. The van der Waals surface area contributed by atoms with Gasteiger partial charge in [0.05, 0.1) is 0 Å². The molecule has 0 spiro atoms. The summed E-state index contributed by atoms with van der Waals surface area (Å²) in [5.74, 6) is 3.95. The Hall–Kier alpha value is -0.130. The first kappa shape index (κ1) is 13.9. The Bertz CT molecular complexity index is 143. The van der Waals surface area contributed by atoms with Gasteiger partial charge in [-0.2, -0.15) is 11.8 Å². The number of hydrogen-bond donors (Lipinski definition) is 1. The van der Waals surface area contributed by atoms with Gasteiger partial charge >= 0.3 is 0 Å². The quantitative estimate of drug-likeness (QED) is 0.467. The predicted molar refractivity (Wildman–Crippen MR) is 67.8 cm³/mol. The molecule has 0 saturated heterocycles. The van der Waals surface area contributed by atoms with Gasteiger partial charge in [0, 0.05) is 12.5 Å². The van der Waals surface area contributed by atoms with Crippen molar-refractivity contribution in [2.24, 2.45) is 0 Å². The van der Waals surface area contributed by atoms with Crippen molar-refractivity contribution in [3.05, 3.63) is 0 Å². The molecule has 0 fully saturated rings. The van der Waals surface area contributed by atoms with Gasteiger partial charge in [-0.15, -0.1) is 12.3 Å². The molecule has 0 bridgehead atoms. The topological polar surface area (TPSA) is 12.0 Å². The molecule has 1 atom stereocenters. The van der Waals surface area contributed by atoms with E-state index in [9.17, 15) is 0 Å². The molecule has 1 unspecified atom stereocenters. The molecular weight excluding hydrogens is 190 g/mol. The molecule has 0 rings (SSSR count). The molecule has 1 nitrogen and oxygen atoms in total. The van der Waals surface area contributed by atoms with E-state index >= 15 is 0 Å². The number of thioether (sulfide) groups is 1. The number of unbranched alkanes of at least 4 members (excludes halogenated alkanes) is 1. The van der Waals surface area contributed by atoms with Crippen LogP contribution in [0, 0.1) is 12.3 Å². The van der Waals surface area contributed by atoms with Gasteiger partial charge in [0.2, 0.25) is 0 Å². The van der Waals surface area contributed by atoms with E-state index in [1.54, 1.807) is 0 Å². The largest absolute Gasteiger partial charge is 0.314 e. The van der Waals surface area contributed by atoms with Crippen molar-refractivity contribution >= 4 is 11.8 Å². The summed E-state index contributed by atoms with van der Waals surface area (Å²) in [7, 11) is 0. The highest BCUT2D eigenvalue weighted by molar-refractivity contribution is 7.98. The lowest BCUT2D eigenvalue weighted by atomic mass is 10.1. The normalized spacial score (nSPS) is 12.4. The van der Waals surface area contributed by atoms with Gasteiger partial charge in [-0.3, -0.25) is 0 Å². The molecule has 82 valence electrons. The van der Waals surface area contributed by atoms with E-state index in [1.807, 2.05) is 11.8 Å². The number of terminal acetylenes is 1. The van der Waals surface area contributed by atoms with Crippen LogP contribution in [-0.4, -0.2) is 24.6 Å². The SMILES string of the molecule is C#CCCCC(CCSC)NCCC. The van der Waals surface area contributed by atoms with E-state index in [0.717, 1.165) is 19.4 Å². The molecule has 0 aliphatic heterocycles. The second kappa shape index (κ2) is 10.9. The maximum atomic E-state index is 5.24. The summed E-state index contributed by atoms with van der Waals surface area (Å²) in [6, 6.07) is 0.677. The van der Waals surface area contributed by atoms with Crippen molar-refractivity contribution in [1.82, 2.24) is 5.32 Å². The summed E-state index contributed by atoms with van der Waals surface area (Å²) in [4.78, 5) is 0. The first-order chi connectivity index (χ1) is 6.85. The van der Waals surface area contributed by atoms with E-state index in [2.05, 4.69) is 24.4 Å². The third-order valence-electron chi connectivity index (χ3n) is 2.23. The van der Waals surface area contributed by atoms with Crippen molar-refractivity contribution < 1.29 is 0 Å². The zero-order valence-corrected chi connectivity index (χ0v) is 10.3. The molecule has 0 radical (unpaired) electrons. The standard InChI is InChI=1S/C12H23NS/c1-4-6-7-8-12(9-11-14-3)13-10-5-2/h1,12-13H,5-11H2,2-3H3.